The van der Waals surface area contributed by atoms with Gasteiger partial charge >= 0.3 is 5.97 Å². The molecule has 0 saturated carbocycles. The lowest BCUT2D eigenvalue weighted by Gasteiger charge is -2.00. The average molecular weight is 348 g/mol. The number of carbonyl (C=O) groups is 2. The van der Waals surface area contributed by atoms with Crippen molar-refractivity contribution in [2.75, 3.05) is 7.11 Å². The van der Waals surface area contributed by atoms with Crippen LogP contribution in [0.2, 0.25) is 0 Å². The maximum Gasteiger partial charge on any atom is 0.305 e. The quantitative estimate of drug-likeness (QED) is 0.253. The first-order chi connectivity index (χ1) is 12.2. The molecule has 0 unspecified atom stereocenters. The van der Waals surface area contributed by atoms with Gasteiger partial charge in [-0.25, -0.2) is 0 Å². The van der Waals surface area contributed by atoms with Crippen LogP contribution in [-0.2, 0) is 20.7 Å². The third-order valence-electron chi connectivity index (χ3n) is 4.17. The molecule has 140 valence electrons. The lowest BCUT2D eigenvalue weighted by molar-refractivity contribution is -0.140. The van der Waals surface area contributed by atoms with Gasteiger partial charge in [0, 0.05) is 19.3 Å². The lowest BCUT2D eigenvalue weighted by atomic mass is 10.1. The zero-order chi connectivity index (χ0) is 18.3. The molecule has 1 aromatic heterocycles. The van der Waals surface area contributed by atoms with Crippen LogP contribution in [0.4, 0.5) is 0 Å². The molecule has 0 aliphatic heterocycles. The number of rotatable bonds is 14. The second-order valence-corrected chi connectivity index (χ2v) is 6.40. The standard InChI is InChI=1S/C21H32O4/c1-3-4-8-11-18(22)14-15-20-17-16-19(25-20)12-9-6-5-7-10-13-21(23)24-2/h14-17H,3-13H2,1-2H3. The van der Waals surface area contributed by atoms with Crippen molar-refractivity contribution in [3.63, 3.8) is 0 Å². The number of allylic oxidation sites excluding steroid dienone is 1. The number of ketones is 1. The fraction of sp³-hybridized carbons (Fsp3) is 0.619. The Kier molecular flexibility index (Phi) is 11.4. The Bertz CT molecular complexity index is 528. The molecule has 0 fully saturated rings. The summed E-state index contributed by atoms with van der Waals surface area (Å²) in [6, 6.07) is 3.90. The van der Waals surface area contributed by atoms with Gasteiger partial charge in [-0.2, -0.15) is 0 Å². The Balaban J connectivity index is 2.14. The lowest BCUT2D eigenvalue weighted by Crippen LogP contribution is -1.99. The molecule has 0 saturated heterocycles. The van der Waals surface area contributed by atoms with Crippen molar-refractivity contribution >= 4 is 17.8 Å². The molecule has 1 rings (SSSR count). The molecule has 0 bridgehead atoms. The monoisotopic (exact) mass is 348 g/mol. The minimum atomic E-state index is -0.125. The predicted octanol–water partition coefficient (Wildman–Crippen LogP) is 5.50. The second kappa shape index (κ2) is 13.5. The maximum absolute atomic E-state index is 11.7. The Hall–Kier alpha value is -1.84. The first-order valence-corrected chi connectivity index (χ1v) is 9.52. The van der Waals surface area contributed by atoms with Crippen LogP contribution in [0.15, 0.2) is 22.6 Å². The van der Waals surface area contributed by atoms with E-state index in [2.05, 4.69) is 11.7 Å². The molecule has 4 heteroatoms. The van der Waals surface area contributed by atoms with Crippen LogP contribution >= 0.6 is 0 Å². The van der Waals surface area contributed by atoms with E-state index in [1.54, 1.807) is 12.2 Å². The van der Waals surface area contributed by atoms with E-state index in [1.807, 2.05) is 12.1 Å². The van der Waals surface area contributed by atoms with Gasteiger partial charge in [-0.05, 0) is 43.5 Å². The maximum atomic E-state index is 11.7. The van der Waals surface area contributed by atoms with Gasteiger partial charge in [0.2, 0.25) is 0 Å². The van der Waals surface area contributed by atoms with Crippen molar-refractivity contribution < 1.29 is 18.7 Å². The zero-order valence-corrected chi connectivity index (χ0v) is 15.7. The minimum absolute atomic E-state index is 0.125. The molecule has 0 aliphatic rings. The van der Waals surface area contributed by atoms with E-state index in [9.17, 15) is 9.59 Å². The fourth-order valence-electron chi connectivity index (χ4n) is 2.63. The van der Waals surface area contributed by atoms with Gasteiger partial charge in [0.15, 0.2) is 5.78 Å². The second-order valence-electron chi connectivity index (χ2n) is 6.40. The Morgan fingerprint density at radius 3 is 2.48 bits per heavy atom. The SMILES string of the molecule is CCCCCC(=O)C=Cc1ccc(CCCCCCCC(=O)OC)o1. The number of methoxy groups -OCH3 is 1. The molecule has 25 heavy (non-hydrogen) atoms. The van der Waals surface area contributed by atoms with Crippen molar-refractivity contribution in [2.24, 2.45) is 0 Å². The van der Waals surface area contributed by atoms with Crippen molar-refractivity contribution in [3.05, 3.63) is 29.7 Å². The number of hydrogen-bond donors (Lipinski definition) is 0. The summed E-state index contributed by atoms with van der Waals surface area (Å²) >= 11 is 0. The summed E-state index contributed by atoms with van der Waals surface area (Å²) in [6.45, 7) is 2.13. The highest BCUT2D eigenvalue weighted by Crippen LogP contribution is 2.14. The first kappa shape index (κ1) is 21.2. The van der Waals surface area contributed by atoms with E-state index in [4.69, 9.17) is 4.42 Å². The number of unbranched alkanes of at least 4 members (excludes halogenated alkanes) is 6. The zero-order valence-electron chi connectivity index (χ0n) is 15.7. The fourth-order valence-corrected chi connectivity index (χ4v) is 2.63. The van der Waals surface area contributed by atoms with Gasteiger partial charge < -0.3 is 9.15 Å². The molecule has 0 N–H and O–H groups in total. The van der Waals surface area contributed by atoms with Gasteiger partial charge in [-0.3, -0.25) is 9.59 Å². The molecule has 0 aliphatic carbocycles. The Morgan fingerprint density at radius 2 is 1.72 bits per heavy atom. The smallest absolute Gasteiger partial charge is 0.305 e. The van der Waals surface area contributed by atoms with Crippen LogP contribution in [0, 0.1) is 0 Å². The third-order valence-corrected chi connectivity index (χ3v) is 4.17. The van der Waals surface area contributed by atoms with E-state index in [-0.39, 0.29) is 11.8 Å². The van der Waals surface area contributed by atoms with E-state index in [0.717, 1.165) is 69.3 Å². The number of aryl methyl sites for hydroxylation is 1. The average Bonchev–Trinajstić information content (AvgIpc) is 3.07. The summed E-state index contributed by atoms with van der Waals surface area (Å²) in [5, 5.41) is 0. The summed E-state index contributed by atoms with van der Waals surface area (Å²) in [4.78, 5) is 22.7. The molecule has 0 amide bonds. The first-order valence-electron chi connectivity index (χ1n) is 9.52. The van der Waals surface area contributed by atoms with Crippen LogP contribution in [0.3, 0.4) is 0 Å². The van der Waals surface area contributed by atoms with Crippen LogP contribution in [0.25, 0.3) is 6.08 Å². The summed E-state index contributed by atoms with van der Waals surface area (Å²) in [7, 11) is 1.43. The third kappa shape index (κ3) is 10.6. The molecule has 4 nitrogen and oxygen atoms in total. The Morgan fingerprint density at radius 1 is 1.00 bits per heavy atom. The number of hydrogen-bond acceptors (Lipinski definition) is 4. The van der Waals surface area contributed by atoms with E-state index in [1.165, 1.54) is 7.11 Å². The Labute approximate surface area is 151 Å². The van der Waals surface area contributed by atoms with Crippen molar-refractivity contribution in [2.45, 2.75) is 77.6 Å². The topological polar surface area (TPSA) is 56.5 Å². The van der Waals surface area contributed by atoms with Gasteiger partial charge in [-0.1, -0.05) is 39.0 Å². The number of furan rings is 1. The minimum Gasteiger partial charge on any atom is -0.469 e. The molecule has 0 aromatic carbocycles. The van der Waals surface area contributed by atoms with E-state index in [0.29, 0.717) is 12.8 Å². The summed E-state index contributed by atoms with van der Waals surface area (Å²) < 4.78 is 10.4. The number of ether oxygens (including phenoxy) is 1. The van der Waals surface area contributed by atoms with Crippen molar-refractivity contribution in [3.8, 4) is 0 Å². The molecule has 0 spiro atoms. The predicted molar refractivity (Wildman–Crippen MR) is 100 cm³/mol. The van der Waals surface area contributed by atoms with Crippen LogP contribution in [0.5, 0.6) is 0 Å². The van der Waals surface area contributed by atoms with Crippen LogP contribution in [0.1, 0.15) is 82.7 Å². The van der Waals surface area contributed by atoms with Gasteiger partial charge in [0.05, 0.1) is 7.11 Å². The normalized spacial score (nSPS) is 11.1. The van der Waals surface area contributed by atoms with Gasteiger partial charge in [0.25, 0.3) is 0 Å². The summed E-state index contributed by atoms with van der Waals surface area (Å²) in [6.07, 6.45) is 13.9. The van der Waals surface area contributed by atoms with Gasteiger partial charge in [0.1, 0.15) is 11.5 Å². The van der Waals surface area contributed by atoms with Gasteiger partial charge in [-0.15, -0.1) is 0 Å². The van der Waals surface area contributed by atoms with Crippen molar-refractivity contribution in [1.82, 2.24) is 0 Å². The molecular formula is C21H32O4. The highest BCUT2D eigenvalue weighted by Gasteiger charge is 2.02. The van der Waals surface area contributed by atoms with E-state index >= 15 is 0 Å². The highest BCUT2D eigenvalue weighted by molar-refractivity contribution is 5.93. The largest absolute Gasteiger partial charge is 0.469 e. The van der Waals surface area contributed by atoms with Crippen LogP contribution < -0.4 is 0 Å². The molecule has 1 heterocycles. The molecule has 1 aromatic rings. The summed E-state index contributed by atoms with van der Waals surface area (Å²) in [5.74, 6) is 1.75. The number of esters is 1. The van der Waals surface area contributed by atoms with Crippen LogP contribution in [-0.4, -0.2) is 18.9 Å². The highest BCUT2D eigenvalue weighted by atomic mass is 16.5. The van der Waals surface area contributed by atoms with E-state index < -0.39 is 0 Å². The molecular weight excluding hydrogens is 316 g/mol. The molecule has 0 atom stereocenters. The summed E-state index contributed by atoms with van der Waals surface area (Å²) in [5.41, 5.74) is 0. The number of carbonyl (C=O) groups excluding carboxylic acids is 2. The molecule has 0 radical (unpaired) electrons. The van der Waals surface area contributed by atoms with Crippen molar-refractivity contribution in [1.29, 1.82) is 0 Å².